The Morgan fingerprint density at radius 3 is 2.65 bits per heavy atom. The minimum atomic E-state index is -0.0332. The van der Waals surface area contributed by atoms with Crippen LogP contribution in [0.15, 0.2) is 18.2 Å². The van der Waals surface area contributed by atoms with E-state index in [9.17, 15) is 4.79 Å². The number of ether oxygens (including phenoxy) is 2. The predicted molar refractivity (Wildman–Crippen MR) is 92.5 cm³/mol. The van der Waals surface area contributed by atoms with Gasteiger partial charge in [-0.25, -0.2) is 0 Å². The Hall–Kier alpha value is -1.46. The van der Waals surface area contributed by atoms with Gasteiger partial charge in [-0.15, -0.1) is 12.4 Å². The summed E-state index contributed by atoms with van der Waals surface area (Å²) in [6.07, 6.45) is 6.16. The third-order valence-electron chi connectivity index (χ3n) is 4.72. The minimum absolute atomic E-state index is 0. The summed E-state index contributed by atoms with van der Waals surface area (Å²) in [5.41, 5.74) is 6.62. The van der Waals surface area contributed by atoms with E-state index in [0.29, 0.717) is 43.4 Å². The zero-order chi connectivity index (χ0) is 15.4. The number of carbonyl (C=O) groups excluding carboxylic acids is 1. The molecule has 2 aliphatic rings. The molecule has 0 unspecified atom stereocenters. The smallest absolute Gasteiger partial charge is 0.225 e. The number of carbonyl (C=O) groups is 1. The standard InChI is InChI=1S/C17H24N2O3.ClH/c18-12-17(7-2-1-3-8-17)11-15(20)19-13-5-4-6-14-16(13)22-10-9-21-14;/h4-6H,1-3,7-12,18H2,(H,19,20);1H. The Morgan fingerprint density at radius 2 is 1.91 bits per heavy atom. The van der Waals surface area contributed by atoms with Crippen molar-refractivity contribution in [3.63, 3.8) is 0 Å². The minimum Gasteiger partial charge on any atom is -0.486 e. The van der Waals surface area contributed by atoms with Gasteiger partial charge in [0.05, 0.1) is 5.69 Å². The van der Waals surface area contributed by atoms with Gasteiger partial charge >= 0.3 is 0 Å². The number of nitrogens with two attached hydrogens (primary N) is 1. The van der Waals surface area contributed by atoms with Crippen LogP contribution in [0.3, 0.4) is 0 Å². The average molecular weight is 341 g/mol. The van der Waals surface area contributed by atoms with Crippen LogP contribution in [0.1, 0.15) is 38.5 Å². The van der Waals surface area contributed by atoms with E-state index < -0.39 is 0 Å². The molecule has 1 fully saturated rings. The summed E-state index contributed by atoms with van der Waals surface area (Å²) in [5, 5.41) is 2.98. The maximum atomic E-state index is 12.5. The van der Waals surface area contributed by atoms with Crippen molar-refractivity contribution < 1.29 is 14.3 Å². The molecule has 128 valence electrons. The fraction of sp³-hybridized carbons (Fsp3) is 0.588. The van der Waals surface area contributed by atoms with Crippen LogP contribution in [-0.4, -0.2) is 25.7 Å². The van der Waals surface area contributed by atoms with Gasteiger partial charge in [0.2, 0.25) is 5.91 Å². The second kappa shape index (κ2) is 7.88. The Bertz CT molecular complexity index is 545. The Morgan fingerprint density at radius 1 is 1.17 bits per heavy atom. The van der Waals surface area contributed by atoms with Gasteiger partial charge in [-0.2, -0.15) is 0 Å². The van der Waals surface area contributed by atoms with Gasteiger partial charge in [-0.1, -0.05) is 25.3 Å². The molecular weight excluding hydrogens is 316 g/mol. The number of fused-ring (bicyclic) bond motifs is 1. The van der Waals surface area contributed by atoms with Crippen molar-refractivity contribution in [1.29, 1.82) is 0 Å². The van der Waals surface area contributed by atoms with Crippen LogP contribution >= 0.6 is 12.4 Å². The van der Waals surface area contributed by atoms with E-state index >= 15 is 0 Å². The fourth-order valence-corrected chi connectivity index (χ4v) is 3.46. The highest BCUT2D eigenvalue weighted by atomic mass is 35.5. The summed E-state index contributed by atoms with van der Waals surface area (Å²) in [4.78, 5) is 12.5. The summed E-state index contributed by atoms with van der Waals surface area (Å²) < 4.78 is 11.2. The maximum Gasteiger partial charge on any atom is 0.225 e. The van der Waals surface area contributed by atoms with Gasteiger partial charge in [0.1, 0.15) is 13.2 Å². The normalized spacial score (nSPS) is 18.7. The summed E-state index contributed by atoms with van der Waals surface area (Å²) in [7, 11) is 0. The molecule has 3 rings (SSSR count). The van der Waals surface area contributed by atoms with Crippen LogP contribution in [0, 0.1) is 5.41 Å². The van der Waals surface area contributed by atoms with Gasteiger partial charge in [-0.3, -0.25) is 4.79 Å². The van der Waals surface area contributed by atoms with Gasteiger partial charge in [0.25, 0.3) is 0 Å². The molecular formula is C17H25ClN2O3. The summed E-state index contributed by atoms with van der Waals surface area (Å²) in [6.45, 7) is 1.63. The lowest BCUT2D eigenvalue weighted by Crippen LogP contribution is -2.36. The van der Waals surface area contributed by atoms with Crippen LogP contribution in [0.5, 0.6) is 11.5 Å². The van der Waals surface area contributed by atoms with E-state index in [1.807, 2.05) is 18.2 Å². The molecule has 1 heterocycles. The topological polar surface area (TPSA) is 73.6 Å². The Labute approximate surface area is 143 Å². The van der Waals surface area contributed by atoms with Crippen molar-refractivity contribution >= 4 is 24.0 Å². The highest BCUT2D eigenvalue weighted by molar-refractivity contribution is 5.93. The van der Waals surface area contributed by atoms with Crippen molar-refractivity contribution in [3.8, 4) is 11.5 Å². The fourth-order valence-electron chi connectivity index (χ4n) is 3.46. The zero-order valence-electron chi connectivity index (χ0n) is 13.3. The van der Waals surface area contributed by atoms with Gasteiger partial charge in [0, 0.05) is 6.42 Å². The molecule has 1 aromatic rings. The molecule has 1 aliphatic heterocycles. The molecule has 6 heteroatoms. The van der Waals surface area contributed by atoms with E-state index in [1.165, 1.54) is 19.3 Å². The van der Waals surface area contributed by atoms with Crippen molar-refractivity contribution in [2.75, 3.05) is 25.1 Å². The lowest BCUT2D eigenvalue weighted by atomic mass is 9.71. The summed E-state index contributed by atoms with van der Waals surface area (Å²) in [5.74, 6) is 1.33. The average Bonchev–Trinajstić information content (AvgIpc) is 2.56. The number of halogens is 1. The first kappa shape index (κ1) is 17.9. The number of nitrogens with one attached hydrogen (secondary N) is 1. The number of hydrogen-bond donors (Lipinski definition) is 2. The van der Waals surface area contributed by atoms with Crippen molar-refractivity contribution in [3.05, 3.63) is 18.2 Å². The molecule has 0 spiro atoms. The Balaban J connectivity index is 0.00000192. The summed E-state index contributed by atoms with van der Waals surface area (Å²) >= 11 is 0. The second-order valence-corrected chi connectivity index (χ2v) is 6.32. The molecule has 23 heavy (non-hydrogen) atoms. The number of para-hydroxylation sites is 1. The molecule has 0 saturated heterocycles. The first-order valence-electron chi connectivity index (χ1n) is 8.11. The maximum absolute atomic E-state index is 12.5. The molecule has 1 saturated carbocycles. The molecule has 0 atom stereocenters. The summed E-state index contributed by atoms with van der Waals surface area (Å²) in [6, 6.07) is 5.57. The van der Waals surface area contributed by atoms with E-state index in [4.69, 9.17) is 15.2 Å². The van der Waals surface area contributed by atoms with Gasteiger partial charge < -0.3 is 20.5 Å². The number of benzene rings is 1. The van der Waals surface area contributed by atoms with E-state index in [1.54, 1.807) is 0 Å². The van der Waals surface area contributed by atoms with Crippen molar-refractivity contribution in [2.24, 2.45) is 11.1 Å². The third-order valence-corrected chi connectivity index (χ3v) is 4.72. The predicted octanol–water partition coefficient (Wildman–Crippen LogP) is 3.12. The highest BCUT2D eigenvalue weighted by Crippen LogP contribution is 2.40. The van der Waals surface area contributed by atoms with Crippen LogP contribution in [-0.2, 0) is 4.79 Å². The Kier molecular flexibility index (Phi) is 6.13. The second-order valence-electron chi connectivity index (χ2n) is 6.32. The molecule has 1 aliphatic carbocycles. The van der Waals surface area contributed by atoms with Crippen LogP contribution in [0.25, 0.3) is 0 Å². The van der Waals surface area contributed by atoms with E-state index in [0.717, 1.165) is 12.8 Å². The monoisotopic (exact) mass is 340 g/mol. The van der Waals surface area contributed by atoms with Crippen LogP contribution in [0.4, 0.5) is 5.69 Å². The third kappa shape index (κ3) is 4.09. The molecule has 5 nitrogen and oxygen atoms in total. The van der Waals surface area contributed by atoms with E-state index in [-0.39, 0.29) is 23.7 Å². The number of amides is 1. The zero-order valence-corrected chi connectivity index (χ0v) is 14.1. The lowest BCUT2D eigenvalue weighted by molar-refractivity contribution is -0.118. The van der Waals surface area contributed by atoms with E-state index in [2.05, 4.69) is 5.32 Å². The van der Waals surface area contributed by atoms with Gasteiger partial charge in [0.15, 0.2) is 11.5 Å². The number of anilines is 1. The van der Waals surface area contributed by atoms with Crippen molar-refractivity contribution in [1.82, 2.24) is 0 Å². The first-order valence-corrected chi connectivity index (χ1v) is 8.11. The number of hydrogen-bond acceptors (Lipinski definition) is 4. The van der Waals surface area contributed by atoms with Crippen LogP contribution in [0.2, 0.25) is 0 Å². The molecule has 1 amide bonds. The van der Waals surface area contributed by atoms with Crippen LogP contribution < -0.4 is 20.5 Å². The quantitative estimate of drug-likeness (QED) is 0.883. The largest absolute Gasteiger partial charge is 0.486 e. The molecule has 0 bridgehead atoms. The highest BCUT2D eigenvalue weighted by Gasteiger charge is 2.33. The first-order chi connectivity index (χ1) is 10.7. The molecule has 1 aromatic carbocycles. The molecule has 3 N–H and O–H groups in total. The van der Waals surface area contributed by atoms with Gasteiger partial charge in [-0.05, 0) is 36.9 Å². The molecule has 0 radical (unpaired) electrons. The molecule has 0 aromatic heterocycles. The van der Waals surface area contributed by atoms with Crippen molar-refractivity contribution in [2.45, 2.75) is 38.5 Å². The lowest BCUT2D eigenvalue weighted by Gasteiger charge is -2.35. The SMILES string of the molecule is Cl.NCC1(CC(=O)Nc2cccc3c2OCCO3)CCCCC1. The number of rotatable bonds is 4.